The smallest absolute Gasteiger partial charge is 0.306 e. The minimum atomic E-state index is -0.162. The second-order valence-corrected chi connectivity index (χ2v) is 3.90. The molecule has 15 heavy (non-hydrogen) atoms. The molecule has 1 atom stereocenters. The van der Waals surface area contributed by atoms with E-state index >= 15 is 0 Å². The van der Waals surface area contributed by atoms with Crippen molar-refractivity contribution in [2.75, 3.05) is 6.61 Å². The molecule has 0 aliphatic rings. The maximum atomic E-state index is 11.3. The van der Waals surface area contributed by atoms with E-state index in [4.69, 9.17) is 16.3 Å². The Morgan fingerprint density at radius 1 is 1.53 bits per heavy atom. The van der Waals surface area contributed by atoms with Gasteiger partial charge in [0.15, 0.2) is 0 Å². The molecular formula is C12H15ClO2. The third-order valence-corrected chi connectivity index (χ3v) is 2.43. The van der Waals surface area contributed by atoms with Crippen LogP contribution in [0.25, 0.3) is 0 Å². The van der Waals surface area contributed by atoms with E-state index in [1.165, 1.54) is 0 Å². The van der Waals surface area contributed by atoms with Crippen molar-refractivity contribution in [1.29, 1.82) is 0 Å². The molecule has 0 aromatic heterocycles. The third kappa shape index (κ3) is 3.92. The molecule has 0 spiro atoms. The molecule has 1 rings (SSSR count). The van der Waals surface area contributed by atoms with E-state index < -0.39 is 0 Å². The Morgan fingerprint density at radius 3 is 2.87 bits per heavy atom. The maximum Gasteiger partial charge on any atom is 0.306 e. The maximum absolute atomic E-state index is 11.3. The first-order valence-electron chi connectivity index (χ1n) is 5.04. The van der Waals surface area contributed by atoms with Gasteiger partial charge in [-0.2, -0.15) is 0 Å². The molecule has 0 bridgehead atoms. The lowest BCUT2D eigenvalue weighted by Crippen LogP contribution is -2.08. The molecule has 0 heterocycles. The van der Waals surface area contributed by atoms with Crippen LogP contribution in [-0.4, -0.2) is 12.6 Å². The fourth-order valence-corrected chi connectivity index (χ4v) is 1.60. The van der Waals surface area contributed by atoms with Crippen LogP contribution in [0.4, 0.5) is 0 Å². The molecule has 0 saturated heterocycles. The quantitative estimate of drug-likeness (QED) is 0.736. The minimum absolute atomic E-state index is 0.141. The normalized spacial score (nSPS) is 12.2. The Bertz CT molecular complexity index is 336. The van der Waals surface area contributed by atoms with E-state index in [0.29, 0.717) is 18.1 Å². The Morgan fingerprint density at radius 2 is 2.27 bits per heavy atom. The SMILES string of the molecule is CCOC(=O)C[C@@H](C)c1cccc(Cl)c1. The predicted octanol–water partition coefficient (Wildman–Crippen LogP) is 3.40. The van der Waals surface area contributed by atoms with E-state index in [1.54, 1.807) is 0 Å². The molecule has 2 nitrogen and oxygen atoms in total. The summed E-state index contributed by atoms with van der Waals surface area (Å²) >= 11 is 5.87. The molecule has 0 saturated carbocycles. The van der Waals surface area contributed by atoms with Crippen LogP contribution in [-0.2, 0) is 9.53 Å². The molecular weight excluding hydrogens is 212 g/mol. The van der Waals surface area contributed by atoms with Crippen molar-refractivity contribution in [2.24, 2.45) is 0 Å². The van der Waals surface area contributed by atoms with E-state index in [0.717, 1.165) is 5.56 Å². The van der Waals surface area contributed by atoms with Crippen LogP contribution in [0.1, 0.15) is 31.7 Å². The van der Waals surface area contributed by atoms with Crippen LogP contribution in [0.2, 0.25) is 5.02 Å². The van der Waals surface area contributed by atoms with Gasteiger partial charge in [-0.05, 0) is 30.5 Å². The average Bonchev–Trinajstić information content (AvgIpc) is 2.18. The van der Waals surface area contributed by atoms with Gasteiger partial charge in [0.2, 0.25) is 0 Å². The van der Waals surface area contributed by atoms with Gasteiger partial charge in [-0.3, -0.25) is 4.79 Å². The Labute approximate surface area is 95.2 Å². The standard InChI is InChI=1S/C12H15ClO2/c1-3-15-12(14)7-9(2)10-5-4-6-11(13)8-10/h4-6,8-9H,3,7H2,1-2H3/t9-/m1/s1. The van der Waals surface area contributed by atoms with Gasteiger partial charge in [-0.25, -0.2) is 0 Å². The van der Waals surface area contributed by atoms with Crippen LogP contribution in [0.15, 0.2) is 24.3 Å². The highest BCUT2D eigenvalue weighted by molar-refractivity contribution is 6.30. The first kappa shape index (κ1) is 12.1. The second kappa shape index (κ2) is 5.76. The van der Waals surface area contributed by atoms with Gasteiger partial charge in [0, 0.05) is 5.02 Å². The molecule has 0 N–H and O–H groups in total. The number of hydrogen-bond acceptors (Lipinski definition) is 2. The summed E-state index contributed by atoms with van der Waals surface area (Å²) in [4.78, 5) is 11.3. The monoisotopic (exact) mass is 226 g/mol. The molecule has 0 aliphatic carbocycles. The number of rotatable bonds is 4. The van der Waals surface area contributed by atoms with Crippen molar-refractivity contribution in [3.8, 4) is 0 Å². The summed E-state index contributed by atoms with van der Waals surface area (Å²) in [6.45, 7) is 4.23. The zero-order valence-electron chi connectivity index (χ0n) is 9.00. The number of ether oxygens (including phenoxy) is 1. The zero-order chi connectivity index (χ0) is 11.3. The largest absolute Gasteiger partial charge is 0.466 e. The van der Waals surface area contributed by atoms with Crippen LogP contribution in [0, 0.1) is 0 Å². The van der Waals surface area contributed by atoms with Gasteiger partial charge in [0.25, 0.3) is 0 Å². The van der Waals surface area contributed by atoms with E-state index in [9.17, 15) is 4.79 Å². The molecule has 0 unspecified atom stereocenters. The summed E-state index contributed by atoms with van der Waals surface area (Å²) in [5.41, 5.74) is 1.07. The fourth-order valence-electron chi connectivity index (χ4n) is 1.40. The summed E-state index contributed by atoms with van der Waals surface area (Å²) in [6.07, 6.45) is 0.397. The number of hydrogen-bond donors (Lipinski definition) is 0. The van der Waals surface area contributed by atoms with Crippen molar-refractivity contribution < 1.29 is 9.53 Å². The number of carbonyl (C=O) groups is 1. The topological polar surface area (TPSA) is 26.3 Å². The summed E-state index contributed by atoms with van der Waals surface area (Å²) in [5, 5.41) is 0.697. The van der Waals surface area contributed by atoms with Crippen LogP contribution in [0.3, 0.4) is 0 Å². The van der Waals surface area contributed by atoms with Gasteiger partial charge in [0.05, 0.1) is 13.0 Å². The van der Waals surface area contributed by atoms with E-state index in [2.05, 4.69) is 0 Å². The van der Waals surface area contributed by atoms with Gasteiger partial charge in [-0.1, -0.05) is 30.7 Å². The molecule has 3 heteroatoms. The Hall–Kier alpha value is -1.02. The highest BCUT2D eigenvalue weighted by Gasteiger charge is 2.11. The van der Waals surface area contributed by atoms with Crippen molar-refractivity contribution in [2.45, 2.75) is 26.2 Å². The summed E-state index contributed by atoms with van der Waals surface area (Å²) in [7, 11) is 0. The molecule has 0 amide bonds. The van der Waals surface area contributed by atoms with Crippen molar-refractivity contribution in [3.05, 3.63) is 34.9 Å². The van der Waals surface area contributed by atoms with Crippen LogP contribution >= 0.6 is 11.6 Å². The molecule has 0 aliphatic heterocycles. The lowest BCUT2D eigenvalue weighted by Gasteiger charge is -2.11. The molecule has 82 valence electrons. The van der Waals surface area contributed by atoms with Gasteiger partial charge < -0.3 is 4.74 Å². The highest BCUT2D eigenvalue weighted by Crippen LogP contribution is 2.22. The molecule has 0 fully saturated rings. The van der Waals surface area contributed by atoms with Gasteiger partial charge in [-0.15, -0.1) is 0 Å². The predicted molar refractivity (Wildman–Crippen MR) is 61.1 cm³/mol. The summed E-state index contributed by atoms with van der Waals surface area (Å²) < 4.78 is 4.89. The molecule has 0 radical (unpaired) electrons. The fraction of sp³-hybridized carbons (Fsp3) is 0.417. The van der Waals surface area contributed by atoms with Gasteiger partial charge in [0.1, 0.15) is 0 Å². The second-order valence-electron chi connectivity index (χ2n) is 3.47. The highest BCUT2D eigenvalue weighted by atomic mass is 35.5. The minimum Gasteiger partial charge on any atom is -0.466 e. The van der Waals surface area contributed by atoms with Crippen LogP contribution in [0.5, 0.6) is 0 Å². The summed E-state index contributed by atoms with van der Waals surface area (Å²) in [5.74, 6) is -0.0206. The number of esters is 1. The third-order valence-electron chi connectivity index (χ3n) is 2.20. The lowest BCUT2D eigenvalue weighted by molar-refractivity contribution is -0.143. The van der Waals surface area contributed by atoms with Crippen molar-refractivity contribution in [3.63, 3.8) is 0 Å². The Balaban J connectivity index is 2.60. The average molecular weight is 227 g/mol. The first-order chi connectivity index (χ1) is 7.13. The lowest BCUT2D eigenvalue weighted by atomic mass is 9.98. The van der Waals surface area contributed by atoms with E-state index in [1.807, 2.05) is 38.1 Å². The van der Waals surface area contributed by atoms with Crippen molar-refractivity contribution in [1.82, 2.24) is 0 Å². The first-order valence-corrected chi connectivity index (χ1v) is 5.42. The molecule has 1 aromatic carbocycles. The van der Waals surface area contributed by atoms with Gasteiger partial charge >= 0.3 is 5.97 Å². The zero-order valence-corrected chi connectivity index (χ0v) is 9.75. The number of carbonyl (C=O) groups excluding carboxylic acids is 1. The van der Waals surface area contributed by atoms with E-state index in [-0.39, 0.29) is 11.9 Å². The Kier molecular flexibility index (Phi) is 4.63. The molecule has 1 aromatic rings. The number of benzene rings is 1. The van der Waals surface area contributed by atoms with Crippen molar-refractivity contribution >= 4 is 17.6 Å². The summed E-state index contributed by atoms with van der Waals surface area (Å²) in [6, 6.07) is 7.56. The van der Waals surface area contributed by atoms with Crippen LogP contribution < -0.4 is 0 Å². The number of halogens is 1.